The second kappa shape index (κ2) is 6.70. The summed E-state index contributed by atoms with van der Waals surface area (Å²) < 4.78 is 5.53. The number of carbonyl (C=O) groups excluding carboxylic acids is 1. The van der Waals surface area contributed by atoms with Gasteiger partial charge in [0.1, 0.15) is 22.8 Å². The van der Waals surface area contributed by atoms with Crippen LogP contribution in [0.15, 0.2) is 42.7 Å². The van der Waals surface area contributed by atoms with Gasteiger partial charge in [0, 0.05) is 17.7 Å². The first-order chi connectivity index (χ1) is 12.4. The largest absolute Gasteiger partial charge is 0.508 e. The van der Waals surface area contributed by atoms with Crippen LogP contribution in [0.2, 0.25) is 0 Å². The molecule has 0 aliphatic carbocycles. The third kappa shape index (κ3) is 2.87. The Balaban J connectivity index is 2.24. The van der Waals surface area contributed by atoms with Crippen molar-refractivity contribution in [3.63, 3.8) is 0 Å². The number of rotatable bonds is 4. The number of aromatic hydroxyl groups is 2. The van der Waals surface area contributed by atoms with Gasteiger partial charge in [-0.2, -0.15) is 0 Å². The minimum absolute atomic E-state index is 0.0217. The maximum absolute atomic E-state index is 11.9. The molecule has 3 rings (SSSR count). The monoisotopic (exact) mass is 357 g/mol. The normalized spacial score (nSPS) is 18.5. The number of aryl methyl sites for hydroxylation is 1. The van der Waals surface area contributed by atoms with Crippen molar-refractivity contribution in [2.75, 3.05) is 0 Å². The van der Waals surface area contributed by atoms with Crippen LogP contribution in [-0.2, 0) is 16.8 Å². The SMILES string of the molecule is CCc1ccccc1C1=COc2cc(O)cc(O)c2C1(O)CC(=O)NO. The molecular formula is C19H19NO6. The lowest BCUT2D eigenvalue weighted by Crippen LogP contribution is -2.37. The molecule has 0 fully saturated rings. The van der Waals surface area contributed by atoms with Crippen molar-refractivity contribution in [1.29, 1.82) is 0 Å². The van der Waals surface area contributed by atoms with Crippen molar-refractivity contribution in [3.05, 3.63) is 59.4 Å². The summed E-state index contributed by atoms with van der Waals surface area (Å²) in [6.07, 6.45) is 1.41. The fourth-order valence-electron chi connectivity index (χ4n) is 3.28. The molecule has 1 aliphatic rings. The highest BCUT2D eigenvalue weighted by atomic mass is 16.5. The highest BCUT2D eigenvalue weighted by molar-refractivity contribution is 5.86. The van der Waals surface area contributed by atoms with Gasteiger partial charge in [-0.05, 0) is 17.5 Å². The summed E-state index contributed by atoms with van der Waals surface area (Å²) in [5, 5.41) is 40.4. The van der Waals surface area contributed by atoms with Crippen LogP contribution in [0, 0.1) is 0 Å². The first-order valence-electron chi connectivity index (χ1n) is 8.08. The zero-order chi connectivity index (χ0) is 18.9. The molecule has 26 heavy (non-hydrogen) atoms. The summed E-state index contributed by atoms with van der Waals surface area (Å²) in [6, 6.07) is 9.59. The van der Waals surface area contributed by atoms with Crippen molar-refractivity contribution in [2.24, 2.45) is 0 Å². The number of ether oxygens (including phenoxy) is 1. The Morgan fingerprint density at radius 1 is 1.23 bits per heavy atom. The van der Waals surface area contributed by atoms with Crippen LogP contribution in [-0.4, -0.2) is 26.4 Å². The molecular weight excluding hydrogens is 338 g/mol. The predicted molar refractivity (Wildman–Crippen MR) is 92.6 cm³/mol. The van der Waals surface area contributed by atoms with Crippen LogP contribution in [0.25, 0.3) is 5.57 Å². The number of amides is 1. The number of aliphatic hydroxyl groups is 1. The molecule has 1 aliphatic heterocycles. The summed E-state index contributed by atoms with van der Waals surface area (Å²) >= 11 is 0. The molecule has 0 saturated carbocycles. The smallest absolute Gasteiger partial charge is 0.246 e. The number of carbonyl (C=O) groups is 1. The molecule has 136 valence electrons. The molecule has 0 saturated heterocycles. The van der Waals surface area contributed by atoms with Gasteiger partial charge >= 0.3 is 0 Å². The molecule has 1 atom stereocenters. The van der Waals surface area contributed by atoms with Crippen LogP contribution in [0.3, 0.4) is 0 Å². The molecule has 7 heteroatoms. The molecule has 1 heterocycles. The van der Waals surface area contributed by atoms with E-state index in [1.165, 1.54) is 17.8 Å². The van der Waals surface area contributed by atoms with Gasteiger partial charge in [0.2, 0.25) is 5.91 Å². The average molecular weight is 357 g/mol. The van der Waals surface area contributed by atoms with Gasteiger partial charge in [0.05, 0.1) is 18.2 Å². The number of phenolic OH excluding ortho intramolecular Hbond substituents is 2. The Labute approximate surface area is 149 Å². The zero-order valence-electron chi connectivity index (χ0n) is 14.1. The summed E-state index contributed by atoms with van der Waals surface area (Å²) in [4.78, 5) is 11.9. The number of nitrogens with one attached hydrogen (secondary N) is 1. The number of fused-ring (bicyclic) bond motifs is 1. The van der Waals surface area contributed by atoms with Gasteiger partial charge in [-0.25, -0.2) is 5.48 Å². The lowest BCUT2D eigenvalue weighted by atomic mass is 9.77. The molecule has 1 unspecified atom stereocenters. The molecule has 0 aromatic heterocycles. The molecule has 2 aromatic rings. The minimum Gasteiger partial charge on any atom is -0.508 e. The molecule has 0 radical (unpaired) electrons. The van der Waals surface area contributed by atoms with Crippen molar-refractivity contribution in [2.45, 2.75) is 25.4 Å². The Kier molecular flexibility index (Phi) is 4.58. The van der Waals surface area contributed by atoms with Crippen LogP contribution in [0.4, 0.5) is 0 Å². The number of hydroxylamine groups is 1. The first kappa shape index (κ1) is 17.8. The lowest BCUT2D eigenvalue weighted by molar-refractivity contribution is -0.133. The Morgan fingerprint density at radius 3 is 2.65 bits per heavy atom. The molecule has 7 nitrogen and oxygen atoms in total. The highest BCUT2D eigenvalue weighted by Gasteiger charge is 2.45. The van der Waals surface area contributed by atoms with E-state index in [1.54, 1.807) is 12.1 Å². The third-order valence-electron chi connectivity index (χ3n) is 4.46. The quantitative estimate of drug-likeness (QED) is 0.423. The average Bonchev–Trinajstić information content (AvgIpc) is 2.61. The number of hydrogen-bond acceptors (Lipinski definition) is 6. The fourth-order valence-corrected chi connectivity index (χ4v) is 3.28. The second-order valence-electron chi connectivity index (χ2n) is 6.07. The first-order valence-corrected chi connectivity index (χ1v) is 8.08. The minimum atomic E-state index is -1.97. The maximum Gasteiger partial charge on any atom is 0.246 e. The van der Waals surface area contributed by atoms with E-state index in [2.05, 4.69) is 0 Å². The van der Waals surface area contributed by atoms with Crippen molar-refractivity contribution >= 4 is 11.5 Å². The van der Waals surface area contributed by atoms with Crippen molar-refractivity contribution in [3.8, 4) is 17.2 Å². The van der Waals surface area contributed by atoms with E-state index in [9.17, 15) is 20.1 Å². The van der Waals surface area contributed by atoms with E-state index in [4.69, 9.17) is 9.94 Å². The van der Waals surface area contributed by atoms with E-state index in [0.717, 1.165) is 11.6 Å². The number of benzene rings is 2. The van der Waals surface area contributed by atoms with Crippen LogP contribution < -0.4 is 10.2 Å². The second-order valence-corrected chi connectivity index (χ2v) is 6.07. The van der Waals surface area contributed by atoms with Crippen LogP contribution >= 0.6 is 0 Å². The summed E-state index contributed by atoms with van der Waals surface area (Å²) in [7, 11) is 0. The maximum atomic E-state index is 11.9. The van der Waals surface area contributed by atoms with E-state index >= 15 is 0 Å². The molecule has 1 amide bonds. The van der Waals surface area contributed by atoms with Crippen molar-refractivity contribution in [1.82, 2.24) is 5.48 Å². The number of hydrogen-bond donors (Lipinski definition) is 5. The van der Waals surface area contributed by atoms with Gasteiger partial charge in [0.15, 0.2) is 0 Å². The Morgan fingerprint density at radius 2 is 1.96 bits per heavy atom. The molecule has 5 N–H and O–H groups in total. The topological polar surface area (TPSA) is 119 Å². The van der Waals surface area contributed by atoms with Crippen LogP contribution in [0.1, 0.15) is 30.0 Å². The number of phenols is 2. The molecule has 0 spiro atoms. The predicted octanol–water partition coefficient (Wildman–Crippen LogP) is 2.18. The molecule has 0 bridgehead atoms. The van der Waals surface area contributed by atoms with Crippen molar-refractivity contribution < 1.29 is 30.1 Å². The van der Waals surface area contributed by atoms with Gasteiger partial charge in [-0.1, -0.05) is 31.2 Å². The lowest BCUT2D eigenvalue weighted by Gasteiger charge is -2.36. The fraction of sp³-hybridized carbons (Fsp3) is 0.211. The Bertz CT molecular complexity index is 892. The third-order valence-corrected chi connectivity index (χ3v) is 4.46. The van der Waals surface area contributed by atoms with Gasteiger partial charge < -0.3 is 20.1 Å². The van der Waals surface area contributed by atoms with E-state index < -0.39 is 23.7 Å². The zero-order valence-corrected chi connectivity index (χ0v) is 14.1. The van der Waals surface area contributed by atoms with E-state index in [1.807, 2.05) is 19.1 Å². The van der Waals surface area contributed by atoms with E-state index in [-0.39, 0.29) is 22.6 Å². The van der Waals surface area contributed by atoms with E-state index in [0.29, 0.717) is 12.0 Å². The summed E-state index contributed by atoms with van der Waals surface area (Å²) in [6.45, 7) is 1.95. The van der Waals surface area contributed by atoms with Gasteiger partial charge in [-0.15, -0.1) is 0 Å². The van der Waals surface area contributed by atoms with Gasteiger partial charge in [-0.3, -0.25) is 10.0 Å². The Hall–Kier alpha value is -3.03. The van der Waals surface area contributed by atoms with Gasteiger partial charge in [0.25, 0.3) is 0 Å². The highest BCUT2D eigenvalue weighted by Crippen LogP contribution is 2.51. The molecule has 2 aromatic carbocycles. The summed E-state index contributed by atoms with van der Waals surface area (Å²) in [5.41, 5.74) is 1.31. The van der Waals surface area contributed by atoms with Crippen LogP contribution in [0.5, 0.6) is 17.2 Å². The summed E-state index contributed by atoms with van der Waals surface area (Å²) in [5.74, 6) is -1.49. The standard InChI is InChI=1S/C19H19NO6/c1-2-11-5-3-4-6-13(11)14-10-26-16-8-12(21)7-15(22)18(16)19(14,24)9-17(23)20-25/h3-8,10,21-22,24-25H,2,9H2,1H3,(H,20,23).